The van der Waals surface area contributed by atoms with Gasteiger partial charge in [-0.1, -0.05) is 0 Å². The first-order valence-electron chi connectivity index (χ1n) is 5.37. The molecule has 0 aliphatic carbocycles. The molecule has 0 bridgehead atoms. The summed E-state index contributed by atoms with van der Waals surface area (Å²) in [6, 6.07) is 1.53. The van der Waals surface area contributed by atoms with Crippen molar-refractivity contribution in [2.45, 2.75) is 0 Å². The van der Waals surface area contributed by atoms with Crippen LogP contribution >= 0.6 is 0 Å². The monoisotopic (exact) mass is 235 g/mol. The molecule has 0 aromatic carbocycles. The predicted molar refractivity (Wildman–Crippen MR) is 59.7 cm³/mol. The second-order valence-corrected chi connectivity index (χ2v) is 3.90. The average molecular weight is 235 g/mol. The van der Waals surface area contributed by atoms with E-state index in [1.807, 2.05) is 0 Å². The maximum absolute atomic E-state index is 12.0. The molecule has 0 spiro atoms. The van der Waals surface area contributed by atoms with Gasteiger partial charge >= 0.3 is 0 Å². The fourth-order valence-corrected chi connectivity index (χ4v) is 1.80. The summed E-state index contributed by atoms with van der Waals surface area (Å²) >= 11 is 0. The number of nitrogens with zero attached hydrogens (tertiary/aromatic N) is 2. The molecular weight excluding hydrogens is 222 g/mol. The molecule has 1 aliphatic rings. The largest absolute Gasteiger partial charge is 0.356 e. The molecule has 2 heterocycles. The number of hydrogen-bond donors (Lipinski definition) is 1. The fraction of sp³-hybridized carbons (Fsp3) is 0.364. The minimum atomic E-state index is -0.136. The van der Waals surface area contributed by atoms with E-state index in [0.29, 0.717) is 43.7 Å². The first-order chi connectivity index (χ1) is 8.24. The lowest BCUT2D eigenvalue weighted by atomic mass is 10.2. The third kappa shape index (κ3) is 2.35. The lowest BCUT2D eigenvalue weighted by Crippen LogP contribution is -2.48. The van der Waals surface area contributed by atoms with Gasteiger partial charge in [0.15, 0.2) is 6.29 Å². The fourth-order valence-electron chi connectivity index (χ4n) is 1.80. The van der Waals surface area contributed by atoms with Crippen molar-refractivity contribution in [3.63, 3.8) is 0 Å². The Balaban J connectivity index is 2.01. The Morgan fingerprint density at radius 1 is 1.24 bits per heavy atom. The number of aromatic nitrogens is 1. The van der Waals surface area contributed by atoms with E-state index >= 15 is 0 Å². The van der Waals surface area contributed by atoms with E-state index in [2.05, 4.69) is 4.98 Å². The molecule has 17 heavy (non-hydrogen) atoms. The molecule has 1 aliphatic heterocycles. The van der Waals surface area contributed by atoms with Crippen LogP contribution in [0, 0.1) is 0 Å². The normalized spacial score (nSPS) is 15.8. The van der Waals surface area contributed by atoms with Crippen molar-refractivity contribution in [2.75, 3.05) is 26.2 Å². The number of hydrogen-bond acceptors (Lipinski definition) is 3. The molecule has 1 saturated heterocycles. The second kappa shape index (κ2) is 4.82. The van der Waals surface area contributed by atoms with E-state index < -0.39 is 0 Å². The Hall–Kier alpha value is -2.11. The molecule has 2 amide bonds. The van der Waals surface area contributed by atoms with Crippen molar-refractivity contribution in [3.8, 4) is 0 Å². The van der Waals surface area contributed by atoms with E-state index in [1.54, 1.807) is 9.80 Å². The second-order valence-electron chi connectivity index (χ2n) is 3.90. The first kappa shape index (κ1) is 11.4. The van der Waals surface area contributed by atoms with Crippen molar-refractivity contribution in [3.05, 3.63) is 23.5 Å². The molecule has 2 rings (SSSR count). The van der Waals surface area contributed by atoms with Crippen LogP contribution in [0.4, 0.5) is 0 Å². The zero-order valence-electron chi connectivity index (χ0n) is 9.26. The highest BCUT2D eigenvalue weighted by Crippen LogP contribution is 2.08. The van der Waals surface area contributed by atoms with Crippen molar-refractivity contribution >= 4 is 18.6 Å². The summed E-state index contributed by atoms with van der Waals surface area (Å²) in [4.78, 5) is 39.1. The summed E-state index contributed by atoms with van der Waals surface area (Å²) in [6.07, 6.45) is 2.99. The van der Waals surface area contributed by atoms with Crippen molar-refractivity contribution in [2.24, 2.45) is 0 Å². The number of rotatable bonds is 3. The van der Waals surface area contributed by atoms with E-state index in [9.17, 15) is 14.4 Å². The van der Waals surface area contributed by atoms with Gasteiger partial charge in [-0.2, -0.15) is 0 Å². The van der Waals surface area contributed by atoms with Crippen LogP contribution in [-0.2, 0) is 4.79 Å². The Bertz CT molecular complexity index is 433. The van der Waals surface area contributed by atoms with Crippen LogP contribution in [0.5, 0.6) is 0 Å². The Labute approximate surface area is 98.2 Å². The van der Waals surface area contributed by atoms with Crippen molar-refractivity contribution < 1.29 is 14.4 Å². The SMILES string of the molecule is O=Cc1c[nH]c(C(=O)N2CCN(C=O)CC2)c1. The molecule has 0 atom stereocenters. The highest BCUT2D eigenvalue weighted by atomic mass is 16.2. The Morgan fingerprint density at radius 2 is 1.94 bits per heavy atom. The highest BCUT2D eigenvalue weighted by molar-refractivity contribution is 5.94. The zero-order chi connectivity index (χ0) is 12.3. The number of nitrogens with one attached hydrogen (secondary N) is 1. The van der Waals surface area contributed by atoms with E-state index in [0.717, 1.165) is 6.41 Å². The summed E-state index contributed by atoms with van der Waals surface area (Å²) in [5.74, 6) is -0.136. The summed E-state index contributed by atoms with van der Waals surface area (Å²) in [7, 11) is 0. The average Bonchev–Trinajstić information content (AvgIpc) is 2.87. The molecule has 6 heteroatoms. The van der Waals surface area contributed by atoms with Crippen molar-refractivity contribution in [1.29, 1.82) is 0 Å². The minimum Gasteiger partial charge on any atom is -0.356 e. The first-order valence-corrected chi connectivity index (χ1v) is 5.37. The van der Waals surface area contributed by atoms with E-state index in [1.165, 1.54) is 12.3 Å². The summed E-state index contributed by atoms with van der Waals surface area (Å²) in [6.45, 7) is 2.15. The van der Waals surface area contributed by atoms with Gasteiger partial charge in [0.25, 0.3) is 5.91 Å². The summed E-state index contributed by atoms with van der Waals surface area (Å²) in [5, 5.41) is 0. The van der Waals surface area contributed by atoms with Crippen LogP contribution < -0.4 is 0 Å². The molecule has 1 aromatic heterocycles. The number of aldehydes is 1. The van der Waals surface area contributed by atoms with E-state index in [-0.39, 0.29) is 5.91 Å². The van der Waals surface area contributed by atoms with Crippen LogP contribution in [0.25, 0.3) is 0 Å². The van der Waals surface area contributed by atoms with Crippen LogP contribution in [0.2, 0.25) is 0 Å². The molecule has 6 nitrogen and oxygen atoms in total. The van der Waals surface area contributed by atoms with Crippen LogP contribution in [-0.4, -0.2) is 59.6 Å². The quantitative estimate of drug-likeness (QED) is 0.734. The molecule has 0 unspecified atom stereocenters. The van der Waals surface area contributed by atoms with E-state index in [4.69, 9.17) is 0 Å². The number of piperazine rings is 1. The van der Waals surface area contributed by atoms with Gasteiger partial charge in [0, 0.05) is 37.9 Å². The highest BCUT2D eigenvalue weighted by Gasteiger charge is 2.22. The van der Waals surface area contributed by atoms with Gasteiger partial charge in [0.2, 0.25) is 6.41 Å². The van der Waals surface area contributed by atoms with Gasteiger partial charge in [0.05, 0.1) is 0 Å². The van der Waals surface area contributed by atoms with Crippen LogP contribution in [0.3, 0.4) is 0 Å². The van der Waals surface area contributed by atoms with Gasteiger partial charge in [0.1, 0.15) is 5.69 Å². The number of H-pyrrole nitrogens is 1. The maximum atomic E-state index is 12.0. The summed E-state index contributed by atoms with van der Waals surface area (Å²) < 4.78 is 0. The van der Waals surface area contributed by atoms with Crippen molar-refractivity contribution in [1.82, 2.24) is 14.8 Å². The van der Waals surface area contributed by atoms with Gasteiger partial charge < -0.3 is 14.8 Å². The minimum absolute atomic E-state index is 0.136. The van der Waals surface area contributed by atoms with Gasteiger partial charge in [-0.3, -0.25) is 14.4 Å². The molecule has 1 N–H and O–H groups in total. The molecule has 0 saturated carbocycles. The lowest BCUT2D eigenvalue weighted by molar-refractivity contribution is -0.119. The topological polar surface area (TPSA) is 73.5 Å². The molecular formula is C11H13N3O3. The Kier molecular flexibility index (Phi) is 3.22. The van der Waals surface area contributed by atoms with Crippen LogP contribution in [0.15, 0.2) is 12.3 Å². The van der Waals surface area contributed by atoms with Gasteiger partial charge in [-0.25, -0.2) is 0 Å². The molecule has 1 fully saturated rings. The predicted octanol–water partition coefficient (Wildman–Crippen LogP) is -0.259. The lowest BCUT2D eigenvalue weighted by Gasteiger charge is -2.32. The zero-order valence-corrected chi connectivity index (χ0v) is 9.26. The number of amides is 2. The molecule has 90 valence electrons. The Morgan fingerprint density at radius 3 is 2.47 bits per heavy atom. The summed E-state index contributed by atoms with van der Waals surface area (Å²) in [5.41, 5.74) is 0.867. The standard InChI is InChI=1S/C11H13N3O3/c15-7-9-5-10(12-6-9)11(17)14-3-1-13(8-16)2-4-14/h5-8,12H,1-4H2. The number of carbonyl (C=O) groups is 3. The third-order valence-corrected chi connectivity index (χ3v) is 2.82. The number of carbonyl (C=O) groups excluding carboxylic acids is 3. The smallest absolute Gasteiger partial charge is 0.270 e. The third-order valence-electron chi connectivity index (χ3n) is 2.82. The van der Waals surface area contributed by atoms with Gasteiger partial charge in [-0.15, -0.1) is 0 Å². The maximum Gasteiger partial charge on any atom is 0.270 e. The van der Waals surface area contributed by atoms with Crippen LogP contribution in [0.1, 0.15) is 20.8 Å². The molecule has 0 radical (unpaired) electrons. The number of aromatic amines is 1. The molecule has 1 aromatic rings. The van der Waals surface area contributed by atoms with Gasteiger partial charge in [-0.05, 0) is 6.07 Å².